The van der Waals surface area contributed by atoms with Crippen molar-refractivity contribution in [1.82, 2.24) is 4.90 Å². The summed E-state index contributed by atoms with van der Waals surface area (Å²) in [7, 11) is 0. The molecule has 0 radical (unpaired) electrons. The quantitative estimate of drug-likeness (QED) is 0.854. The molecular formula is C15H20N2O3. The van der Waals surface area contributed by atoms with Crippen LogP contribution in [0.15, 0.2) is 30.3 Å². The number of nitrogens with zero attached hydrogens (tertiary/aromatic N) is 1. The van der Waals surface area contributed by atoms with Gasteiger partial charge in [-0.1, -0.05) is 30.3 Å². The second kappa shape index (κ2) is 6.52. The van der Waals surface area contributed by atoms with E-state index in [1.807, 2.05) is 30.3 Å². The SMILES string of the molecule is NC(CCC(=O)N1CCC[C@H]1C(=O)O)c1ccccc1. The number of likely N-dealkylation sites (tertiary alicyclic amines) is 1. The number of hydrogen-bond acceptors (Lipinski definition) is 3. The summed E-state index contributed by atoms with van der Waals surface area (Å²) < 4.78 is 0. The number of aliphatic carboxylic acids is 1. The Bertz CT molecular complexity index is 475. The van der Waals surface area contributed by atoms with E-state index in [0.717, 1.165) is 12.0 Å². The second-order valence-corrected chi connectivity index (χ2v) is 5.14. The molecule has 1 aliphatic heterocycles. The fraction of sp³-hybridized carbons (Fsp3) is 0.467. The number of carbonyl (C=O) groups is 2. The fourth-order valence-electron chi connectivity index (χ4n) is 2.61. The van der Waals surface area contributed by atoms with Crippen LogP contribution in [0, 0.1) is 0 Å². The molecule has 1 unspecified atom stereocenters. The summed E-state index contributed by atoms with van der Waals surface area (Å²) in [4.78, 5) is 24.6. The Hall–Kier alpha value is -1.88. The lowest BCUT2D eigenvalue weighted by molar-refractivity contribution is -0.148. The molecule has 0 bridgehead atoms. The molecule has 1 saturated heterocycles. The van der Waals surface area contributed by atoms with Gasteiger partial charge in [-0.3, -0.25) is 4.79 Å². The van der Waals surface area contributed by atoms with E-state index in [2.05, 4.69) is 0 Å². The van der Waals surface area contributed by atoms with Gasteiger partial charge < -0.3 is 15.7 Å². The Balaban J connectivity index is 1.87. The highest BCUT2D eigenvalue weighted by molar-refractivity contribution is 5.84. The van der Waals surface area contributed by atoms with E-state index in [4.69, 9.17) is 10.8 Å². The number of benzene rings is 1. The van der Waals surface area contributed by atoms with Gasteiger partial charge in [-0.25, -0.2) is 4.79 Å². The molecule has 1 fully saturated rings. The molecule has 20 heavy (non-hydrogen) atoms. The van der Waals surface area contributed by atoms with Crippen LogP contribution in [0.25, 0.3) is 0 Å². The molecule has 1 amide bonds. The first-order valence-corrected chi connectivity index (χ1v) is 6.92. The topological polar surface area (TPSA) is 83.6 Å². The Morgan fingerprint density at radius 3 is 2.70 bits per heavy atom. The van der Waals surface area contributed by atoms with Crippen LogP contribution in [0.4, 0.5) is 0 Å². The zero-order valence-corrected chi connectivity index (χ0v) is 11.4. The minimum atomic E-state index is -0.914. The lowest BCUT2D eigenvalue weighted by Crippen LogP contribution is -2.40. The van der Waals surface area contributed by atoms with E-state index < -0.39 is 12.0 Å². The van der Waals surface area contributed by atoms with Crippen LogP contribution in [-0.2, 0) is 9.59 Å². The standard InChI is InChI=1S/C15H20N2O3/c16-12(11-5-2-1-3-6-11)8-9-14(18)17-10-4-7-13(17)15(19)20/h1-3,5-6,12-13H,4,7-10,16H2,(H,19,20)/t12?,13-/m0/s1. The van der Waals surface area contributed by atoms with E-state index in [0.29, 0.717) is 25.8 Å². The molecule has 0 spiro atoms. The molecule has 1 heterocycles. The van der Waals surface area contributed by atoms with Crippen molar-refractivity contribution in [2.75, 3.05) is 6.54 Å². The lowest BCUT2D eigenvalue weighted by Gasteiger charge is -2.22. The molecule has 0 saturated carbocycles. The van der Waals surface area contributed by atoms with Crippen molar-refractivity contribution >= 4 is 11.9 Å². The van der Waals surface area contributed by atoms with Crippen LogP contribution >= 0.6 is 0 Å². The first kappa shape index (κ1) is 14.5. The highest BCUT2D eigenvalue weighted by Gasteiger charge is 2.33. The Labute approximate surface area is 118 Å². The maximum absolute atomic E-state index is 12.1. The summed E-state index contributed by atoms with van der Waals surface area (Å²) in [6.45, 7) is 0.538. The number of amides is 1. The summed E-state index contributed by atoms with van der Waals surface area (Å²) in [6.07, 6.45) is 2.13. The first-order valence-electron chi connectivity index (χ1n) is 6.92. The van der Waals surface area contributed by atoms with Crippen LogP contribution in [0.3, 0.4) is 0 Å². The molecule has 5 nitrogen and oxygen atoms in total. The maximum atomic E-state index is 12.1. The second-order valence-electron chi connectivity index (χ2n) is 5.14. The van der Waals surface area contributed by atoms with Gasteiger partial charge in [-0.2, -0.15) is 0 Å². The van der Waals surface area contributed by atoms with Gasteiger partial charge in [0.25, 0.3) is 0 Å². The minimum absolute atomic E-state index is 0.110. The predicted octanol–water partition coefficient (Wildman–Crippen LogP) is 1.54. The third-order valence-corrected chi connectivity index (χ3v) is 3.76. The zero-order chi connectivity index (χ0) is 14.5. The average Bonchev–Trinajstić information content (AvgIpc) is 2.95. The first-order chi connectivity index (χ1) is 9.59. The third-order valence-electron chi connectivity index (χ3n) is 3.76. The number of carbonyl (C=O) groups excluding carboxylic acids is 1. The molecule has 108 valence electrons. The van der Waals surface area contributed by atoms with E-state index in [1.54, 1.807) is 0 Å². The van der Waals surface area contributed by atoms with Crippen LogP contribution in [-0.4, -0.2) is 34.5 Å². The Morgan fingerprint density at radius 1 is 1.35 bits per heavy atom. The molecule has 3 N–H and O–H groups in total. The van der Waals surface area contributed by atoms with E-state index >= 15 is 0 Å². The van der Waals surface area contributed by atoms with Gasteiger partial charge in [0.15, 0.2) is 0 Å². The molecule has 1 aliphatic rings. The maximum Gasteiger partial charge on any atom is 0.326 e. The van der Waals surface area contributed by atoms with Crippen LogP contribution in [0.2, 0.25) is 0 Å². The predicted molar refractivity (Wildman–Crippen MR) is 75.0 cm³/mol. The van der Waals surface area contributed by atoms with Gasteiger partial charge in [0.05, 0.1) is 0 Å². The van der Waals surface area contributed by atoms with Crippen molar-refractivity contribution in [2.24, 2.45) is 5.73 Å². The van der Waals surface area contributed by atoms with Crippen molar-refractivity contribution < 1.29 is 14.7 Å². The number of hydrogen-bond donors (Lipinski definition) is 2. The van der Waals surface area contributed by atoms with Crippen molar-refractivity contribution in [3.63, 3.8) is 0 Å². The summed E-state index contributed by atoms with van der Waals surface area (Å²) in [5.41, 5.74) is 7.05. The summed E-state index contributed by atoms with van der Waals surface area (Å²) in [6, 6.07) is 8.77. The third kappa shape index (κ3) is 3.36. The fourth-order valence-corrected chi connectivity index (χ4v) is 2.61. The lowest BCUT2D eigenvalue weighted by atomic mass is 10.0. The minimum Gasteiger partial charge on any atom is -0.480 e. The molecule has 1 aromatic rings. The number of nitrogens with two attached hydrogens (primary N) is 1. The molecule has 5 heteroatoms. The average molecular weight is 276 g/mol. The smallest absolute Gasteiger partial charge is 0.326 e. The highest BCUT2D eigenvalue weighted by atomic mass is 16.4. The molecule has 2 atom stereocenters. The highest BCUT2D eigenvalue weighted by Crippen LogP contribution is 2.21. The molecule has 2 rings (SSSR count). The van der Waals surface area contributed by atoms with Crippen molar-refractivity contribution in [3.8, 4) is 0 Å². The van der Waals surface area contributed by atoms with Crippen molar-refractivity contribution in [1.29, 1.82) is 0 Å². The van der Waals surface area contributed by atoms with Gasteiger partial charge in [0, 0.05) is 19.0 Å². The zero-order valence-electron chi connectivity index (χ0n) is 11.4. The van der Waals surface area contributed by atoms with Crippen LogP contribution in [0.1, 0.15) is 37.3 Å². The largest absolute Gasteiger partial charge is 0.480 e. The van der Waals surface area contributed by atoms with Gasteiger partial charge in [0.1, 0.15) is 6.04 Å². The van der Waals surface area contributed by atoms with Crippen molar-refractivity contribution in [3.05, 3.63) is 35.9 Å². The molecule has 0 aromatic heterocycles. The van der Waals surface area contributed by atoms with Gasteiger partial charge in [0.2, 0.25) is 5.91 Å². The normalized spacial score (nSPS) is 19.9. The van der Waals surface area contributed by atoms with Gasteiger partial charge >= 0.3 is 5.97 Å². The molecular weight excluding hydrogens is 256 g/mol. The number of carboxylic acids is 1. The van der Waals surface area contributed by atoms with Crippen molar-refractivity contribution in [2.45, 2.75) is 37.8 Å². The number of carboxylic acid groups (broad SMARTS) is 1. The van der Waals surface area contributed by atoms with Gasteiger partial charge in [-0.15, -0.1) is 0 Å². The summed E-state index contributed by atoms with van der Waals surface area (Å²) >= 11 is 0. The van der Waals surface area contributed by atoms with Gasteiger partial charge in [-0.05, 0) is 24.8 Å². The number of rotatable bonds is 5. The Kier molecular flexibility index (Phi) is 4.74. The van der Waals surface area contributed by atoms with E-state index in [-0.39, 0.29) is 11.9 Å². The monoisotopic (exact) mass is 276 g/mol. The van der Waals surface area contributed by atoms with E-state index in [9.17, 15) is 9.59 Å². The Morgan fingerprint density at radius 2 is 2.05 bits per heavy atom. The molecule has 0 aliphatic carbocycles. The molecule has 1 aromatic carbocycles. The summed E-state index contributed by atoms with van der Waals surface area (Å²) in [5, 5.41) is 9.07. The van der Waals surface area contributed by atoms with E-state index in [1.165, 1.54) is 4.90 Å². The van der Waals surface area contributed by atoms with Crippen LogP contribution in [0.5, 0.6) is 0 Å². The summed E-state index contributed by atoms with van der Waals surface area (Å²) in [5.74, 6) is -1.02. The van der Waals surface area contributed by atoms with Crippen LogP contribution < -0.4 is 5.73 Å².